The molecule has 2 atom stereocenters. The van der Waals surface area contributed by atoms with Gasteiger partial charge in [-0.1, -0.05) is 23.7 Å². The van der Waals surface area contributed by atoms with Crippen molar-refractivity contribution < 1.29 is 22.8 Å². The number of imide groups is 1. The Bertz CT molecular complexity index is 1390. The second-order valence-electron chi connectivity index (χ2n) is 9.05. The molecule has 2 N–H and O–H groups in total. The molecule has 5 rings (SSSR count). The first-order chi connectivity index (χ1) is 17.1. The van der Waals surface area contributed by atoms with E-state index >= 15 is 0 Å². The van der Waals surface area contributed by atoms with Crippen LogP contribution in [0.5, 0.6) is 0 Å². The number of amides is 2. The second-order valence-corrected chi connectivity index (χ2v) is 10.5. The first-order valence-corrected chi connectivity index (χ1v) is 12.6. The van der Waals surface area contributed by atoms with Gasteiger partial charge in [0.25, 0.3) is 11.1 Å². The Hall–Kier alpha value is -2.82. The number of halogens is 4. The summed E-state index contributed by atoms with van der Waals surface area (Å²) in [5.74, 6) is -0.317. The van der Waals surface area contributed by atoms with Crippen LogP contribution in [-0.4, -0.2) is 37.9 Å². The van der Waals surface area contributed by atoms with Crippen molar-refractivity contribution in [3.05, 3.63) is 69.2 Å². The fourth-order valence-corrected chi connectivity index (χ4v) is 5.89. The van der Waals surface area contributed by atoms with E-state index in [4.69, 9.17) is 17.3 Å². The van der Waals surface area contributed by atoms with Crippen molar-refractivity contribution in [3.63, 3.8) is 0 Å². The summed E-state index contributed by atoms with van der Waals surface area (Å²) in [5.41, 5.74) is 6.62. The third-order valence-electron chi connectivity index (χ3n) is 6.54. The SMILES string of the molecule is NC1CCCC(N2C(=O)SC(=Cc3ccc4c(cnn4Cc4ccc(Cl)cc4C(F)(F)F)c3)C2=O)C1. The standard InChI is InChI=1S/C25H22ClF3N4O2S/c26-17-6-5-15(20(10-17)25(27,28)29)13-32-21-7-4-14(8-16(21)12-31-32)9-22-23(34)33(24(35)36-22)19-3-1-2-18(30)11-19/h4-10,12,18-19H,1-3,11,13,30H2. The molecule has 1 aliphatic heterocycles. The molecular formula is C25H22ClF3N4O2S. The number of fused-ring (bicyclic) bond motifs is 1. The highest BCUT2D eigenvalue weighted by Gasteiger charge is 2.41. The Morgan fingerprint density at radius 2 is 1.97 bits per heavy atom. The van der Waals surface area contributed by atoms with Gasteiger partial charge < -0.3 is 5.73 Å². The maximum atomic E-state index is 13.5. The van der Waals surface area contributed by atoms with Crippen LogP contribution in [0.2, 0.25) is 5.02 Å². The number of carbonyl (C=O) groups is 2. The molecule has 3 aromatic rings. The lowest BCUT2D eigenvalue weighted by atomic mass is 9.90. The lowest BCUT2D eigenvalue weighted by molar-refractivity contribution is -0.138. The number of hydrogen-bond acceptors (Lipinski definition) is 5. The molecule has 2 aromatic carbocycles. The minimum absolute atomic E-state index is 0.0109. The molecule has 1 saturated heterocycles. The van der Waals surface area contributed by atoms with Gasteiger partial charge in [0.05, 0.1) is 28.7 Å². The van der Waals surface area contributed by atoms with Crippen molar-refractivity contribution in [1.29, 1.82) is 0 Å². The van der Waals surface area contributed by atoms with Crippen LogP contribution in [0.4, 0.5) is 18.0 Å². The van der Waals surface area contributed by atoms with Crippen LogP contribution in [0.25, 0.3) is 17.0 Å². The van der Waals surface area contributed by atoms with Crippen LogP contribution in [0.3, 0.4) is 0 Å². The molecule has 2 fully saturated rings. The molecule has 188 valence electrons. The van der Waals surface area contributed by atoms with Crippen LogP contribution in [-0.2, 0) is 17.5 Å². The largest absolute Gasteiger partial charge is 0.416 e. The molecule has 11 heteroatoms. The average Bonchev–Trinajstić information content (AvgIpc) is 3.33. The summed E-state index contributed by atoms with van der Waals surface area (Å²) in [6.45, 7) is -0.0860. The predicted molar refractivity (Wildman–Crippen MR) is 133 cm³/mol. The van der Waals surface area contributed by atoms with Gasteiger partial charge in [-0.2, -0.15) is 18.3 Å². The second kappa shape index (κ2) is 9.57. The van der Waals surface area contributed by atoms with Gasteiger partial charge in [-0.25, -0.2) is 0 Å². The summed E-state index contributed by atoms with van der Waals surface area (Å²) in [6, 6.07) is 8.76. The van der Waals surface area contributed by atoms with Crippen LogP contribution in [0.1, 0.15) is 42.4 Å². The molecule has 6 nitrogen and oxygen atoms in total. The van der Waals surface area contributed by atoms with Gasteiger partial charge in [0, 0.05) is 22.5 Å². The van der Waals surface area contributed by atoms with Gasteiger partial charge in [-0.3, -0.25) is 19.2 Å². The summed E-state index contributed by atoms with van der Waals surface area (Å²) < 4.78 is 41.9. The number of alkyl halides is 3. The first kappa shape index (κ1) is 24.9. The lowest BCUT2D eigenvalue weighted by Gasteiger charge is -2.31. The highest BCUT2D eigenvalue weighted by atomic mass is 35.5. The van der Waals surface area contributed by atoms with E-state index in [1.54, 1.807) is 30.5 Å². The van der Waals surface area contributed by atoms with Gasteiger partial charge in [-0.15, -0.1) is 0 Å². The molecule has 0 spiro atoms. The van der Waals surface area contributed by atoms with Gasteiger partial charge >= 0.3 is 6.18 Å². The molecular weight excluding hydrogens is 513 g/mol. The predicted octanol–water partition coefficient (Wildman–Crippen LogP) is 6.06. The van der Waals surface area contributed by atoms with Gasteiger partial charge in [-0.05, 0) is 78.9 Å². The zero-order valence-corrected chi connectivity index (χ0v) is 20.5. The van der Waals surface area contributed by atoms with E-state index < -0.39 is 11.7 Å². The number of aromatic nitrogens is 2. The van der Waals surface area contributed by atoms with Crippen LogP contribution >= 0.6 is 23.4 Å². The fourth-order valence-electron chi connectivity index (χ4n) is 4.81. The van der Waals surface area contributed by atoms with Crippen LogP contribution in [0.15, 0.2) is 47.5 Å². The molecule has 2 amide bonds. The molecule has 36 heavy (non-hydrogen) atoms. The van der Waals surface area contributed by atoms with Crippen molar-refractivity contribution in [2.75, 3.05) is 0 Å². The normalized spacial score (nSPS) is 22.2. The zero-order chi connectivity index (χ0) is 25.6. The summed E-state index contributed by atoms with van der Waals surface area (Å²) >= 11 is 6.69. The molecule has 0 bridgehead atoms. The molecule has 2 unspecified atom stereocenters. The Labute approximate surface area is 214 Å². The van der Waals surface area contributed by atoms with Crippen molar-refractivity contribution >= 4 is 51.5 Å². The van der Waals surface area contributed by atoms with E-state index in [-0.39, 0.29) is 40.4 Å². The number of thioether (sulfide) groups is 1. The third kappa shape index (κ3) is 4.89. The van der Waals surface area contributed by atoms with Crippen molar-refractivity contribution in [3.8, 4) is 0 Å². The highest BCUT2D eigenvalue weighted by molar-refractivity contribution is 8.18. The van der Waals surface area contributed by atoms with E-state index in [2.05, 4.69) is 5.10 Å². The molecule has 2 heterocycles. The molecule has 0 radical (unpaired) electrons. The van der Waals surface area contributed by atoms with Crippen LogP contribution in [0, 0.1) is 0 Å². The number of hydrogen-bond donors (Lipinski definition) is 1. The smallest absolute Gasteiger partial charge is 0.328 e. The van der Waals surface area contributed by atoms with E-state index in [9.17, 15) is 22.8 Å². The lowest BCUT2D eigenvalue weighted by Crippen LogP contribution is -2.44. The quantitative estimate of drug-likeness (QED) is 0.411. The molecule has 1 aliphatic carbocycles. The number of nitrogens with two attached hydrogens (primary N) is 1. The van der Waals surface area contributed by atoms with Crippen molar-refractivity contribution in [2.45, 2.75) is 50.5 Å². The van der Waals surface area contributed by atoms with E-state index in [0.717, 1.165) is 37.1 Å². The van der Waals surface area contributed by atoms with E-state index in [1.165, 1.54) is 21.7 Å². The molecule has 1 saturated carbocycles. The van der Waals surface area contributed by atoms with E-state index in [1.807, 2.05) is 0 Å². The average molecular weight is 535 g/mol. The minimum Gasteiger partial charge on any atom is -0.328 e. The minimum atomic E-state index is -4.54. The van der Waals surface area contributed by atoms with Crippen LogP contribution < -0.4 is 5.73 Å². The first-order valence-electron chi connectivity index (χ1n) is 11.4. The zero-order valence-electron chi connectivity index (χ0n) is 19.0. The van der Waals surface area contributed by atoms with Gasteiger partial charge in [0.15, 0.2) is 0 Å². The number of nitrogens with zero attached hydrogens (tertiary/aromatic N) is 3. The Morgan fingerprint density at radius 1 is 1.17 bits per heavy atom. The van der Waals surface area contributed by atoms with E-state index in [0.29, 0.717) is 27.8 Å². The summed E-state index contributed by atoms with van der Waals surface area (Å²) in [7, 11) is 0. The van der Waals surface area contributed by atoms with Gasteiger partial charge in [0.1, 0.15) is 0 Å². The maximum absolute atomic E-state index is 13.5. The number of carbonyl (C=O) groups excluding carboxylic acids is 2. The monoisotopic (exact) mass is 534 g/mol. The maximum Gasteiger partial charge on any atom is 0.416 e. The molecule has 1 aromatic heterocycles. The Morgan fingerprint density at radius 3 is 2.72 bits per heavy atom. The topological polar surface area (TPSA) is 81.2 Å². The number of benzene rings is 2. The third-order valence-corrected chi connectivity index (χ3v) is 7.66. The highest BCUT2D eigenvalue weighted by Crippen LogP contribution is 2.37. The Kier molecular flexibility index (Phi) is 6.61. The Balaban J connectivity index is 1.39. The number of rotatable bonds is 4. The molecule has 2 aliphatic rings. The summed E-state index contributed by atoms with van der Waals surface area (Å²) in [6.07, 6.45) is 1.83. The fraction of sp³-hybridized carbons (Fsp3) is 0.320. The summed E-state index contributed by atoms with van der Waals surface area (Å²) in [5, 5.41) is 4.69. The van der Waals surface area contributed by atoms with Crippen molar-refractivity contribution in [1.82, 2.24) is 14.7 Å². The van der Waals surface area contributed by atoms with Gasteiger partial charge in [0.2, 0.25) is 0 Å². The van der Waals surface area contributed by atoms with Crippen molar-refractivity contribution in [2.24, 2.45) is 5.73 Å². The summed E-state index contributed by atoms with van der Waals surface area (Å²) in [4.78, 5) is 27.2.